The summed E-state index contributed by atoms with van der Waals surface area (Å²) in [6.45, 7) is 4.90. The molecule has 4 rings (SSSR count). The van der Waals surface area contributed by atoms with E-state index in [4.69, 9.17) is 0 Å². The van der Waals surface area contributed by atoms with Crippen LogP contribution in [-0.4, -0.2) is 60.4 Å². The number of urea groups is 1. The molecule has 5 atom stereocenters. The highest BCUT2D eigenvalue weighted by Crippen LogP contribution is 2.64. The van der Waals surface area contributed by atoms with E-state index in [1.165, 1.54) is 4.90 Å². The Balaban J connectivity index is 1.36. The molecule has 1 aromatic carbocycles. The lowest BCUT2D eigenvalue weighted by atomic mass is 9.97. The Morgan fingerprint density at radius 3 is 2.65 bits per heavy atom. The molecule has 0 aromatic heterocycles. The Kier molecular flexibility index (Phi) is 6.46. The Bertz CT molecular complexity index is 1020. The van der Waals surface area contributed by atoms with Crippen LogP contribution in [0.15, 0.2) is 30.3 Å². The summed E-state index contributed by atoms with van der Waals surface area (Å²) < 4.78 is 0. The van der Waals surface area contributed by atoms with E-state index in [0.29, 0.717) is 25.2 Å². The topological polar surface area (TPSA) is 143 Å². The number of hydrogen-bond donors (Lipinski definition) is 4. The van der Waals surface area contributed by atoms with Crippen molar-refractivity contribution in [3.63, 3.8) is 0 Å². The fourth-order valence-corrected chi connectivity index (χ4v) is 5.35. The summed E-state index contributed by atoms with van der Waals surface area (Å²) >= 11 is 0. The number of amides is 5. The summed E-state index contributed by atoms with van der Waals surface area (Å²) in [7, 11) is 0. The van der Waals surface area contributed by atoms with Gasteiger partial charge in [-0.25, -0.2) is 4.79 Å². The number of fused-ring (bicyclic) bond motifs is 1. The Morgan fingerprint density at radius 2 is 2.00 bits per heavy atom. The molecule has 0 bridgehead atoms. The number of carbonyl (C=O) groups excluding carboxylic acids is 4. The van der Waals surface area contributed by atoms with E-state index in [0.717, 1.165) is 0 Å². The Labute approximate surface area is 198 Å². The molecule has 3 aliphatic rings. The van der Waals surface area contributed by atoms with Crippen molar-refractivity contribution in [3.05, 3.63) is 30.3 Å². The third-order valence-corrected chi connectivity index (χ3v) is 7.38. The number of anilines is 1. The molecule has 1 saturated carbocycles. The van der Waals surface area contributed by atoms with Gasteiger partial charge in [-0.3, -0.25) is 14.4 Å². The minimum atomic E-state index is -0.811. The number of nitriles is 1. The second kappa shape index (κ2) is 9.33. The van der Waals surface area contributed by atoms with Crippen molar-refractivity contribution < 1.29 is 19.2 Å². The first kappa shape index (κ1) is 23.5. The fraction of sp³-hybridized carbons (Fsp3) is 0.542. The summed E-state index contributed by atoms with van der Waals surface area (Å²) in [5.74, 6) is -0.963. The maximum absolute atomic E-state index is 13.2. The third kappa shape index (κ3) is 4.69. The predicted octanol–water partition coefficient (Wildman–Crippen LogP) is 0.826. The highest BCUT2D eigenvalue weighted by atomic mass is 16.2. The maximum Gasteiger partial charge on any atom is 0.319 e. The normalized spacial score (nSPS) is 27.1. The monoisotopic (exact) mass is 466 g/mol. The third-order valence-electron chi connectivity index (χ3n) is 7.38. The molecule has 10 heteroatoms. The molecule has 2 saturated heterocycles. The average molecular weight is 467 g/mol. The standard InChI is InChI=1S/C24H30N6O4/c1-24(2)17-13-30(18(31)12-27-23(34)29-15-6-4-3-5-7-15)20(19(17)24)22(33)28-16(11-25)10-14-8-9-26-21(14)32/h3-7,14,16-17,19-20H,8-10,12-13H2,1-2H3,(H,26,32)(H,28,33)(H2,27,29,34)/t14-,16?,17-,19-,20-/m0/s1. The van der Waals surface area contributed by atoms with Gasteiger partial charge in [0.1, 0.15) is 12.1 Å². The average Bonchev–Trinajstić information content (AvgIpc) is 3.17. The zero-order valence-corrected chi connectivity index (χ0v) is 19.3. The van der Waals surface area contributed by atoms with Gasteiger partial charge >= 0.3 is 6.03 Å². The van der Waals surface area contributed by atoms with Gasteiger partial charge in [-0.1, -0.05) is 32.0 Å². The van der Waals surface area contributed by atoms with Gasteiger partial charge in [0.05, 0.1) is 12.6 Å². The zero-order valence-electron chi connectivity index (χ0n) is 19.3. The highest BCUT2D eigenvalue weighted by Gasteiger charge is 2.69. The van der Waals surface area contributed by atoms with Gasteiger partial charge in [-0.2, -0.15) is 5.26 Å². The minimum Gasteiger partial charge on any atom is -0.356 e. The predicted molar refractivity (Wildman–Crippen MR) is 123 cm³/mol. The van der Waals surface area contributed by atoms with Crippen molar-refractivity contribution in [2.24, 2.45) is 23.2 Å². The van der Waals surface area contributed by atoms with Crippen molar-refractivity contribution in [1.82, 2.24) is 20.9 Å². The molecule has 4 N–H and O–H groups in total. The van der Waals surface area contributed by atoms with Gasteiger partial charge in [-0.15, -0.1) is 0 Å². The number of likely N-dealkylation sites (tertiary alicyclic amines) is 1. The van der Waals surface area contributed by atoms with E-state index < -0.39 is 18.1 Å². The van der Waals surface area contributed by atoms with Crippen LogP contribution in [0.2, 0.25) is 0 Å². The molecule has 180 valence electrons. The number of hydrogen-bond acceptors (Lipinski definition) is 5. The number of nitrogens with one attached hydrogen (secondary N) is 4. The van der Waals surface area contributed by atoms with E-state index in [-0.39, 0.29) is 53.9 Å². The van der Waals surface area contributed by atoms with Crippen LogP contribution in [0.4, 0.5) is 10.5 Å². The molecular formula is C24H30N6O4. The summed E-state index contributed by atoms with van der Waals surface area (Å²) in [5, 5.41) is 20.3. The first-order chi connectivity index (χ1) is 16.2. The van der Waals surface area contributed by atoms with Crippen LogP contribution < -0.4 is 21.3 Å². The van der Waals surface area contributed by atoms with Crippen molar-refractivity contribution in [2.45, 2.75) is 38.8 Å². The molecular weight excluding hydrogens is 436 g/mol. The molecule has 0 radical (unpaired) electrons. The first-order valence-electron chi connectivity index (χ1n) is 11.6. The van der Waals surface area contributed by atoms with Crippen LogP contribution in [-0.2, 0) is 14.4 Å². The number of nitrogens with zero attached hydrogens (tertiary/aromatic N) is 2. The van der Waals surface area contributed by atoms with Crippen molar-refractivity contribution >= 4 is 29.4 Å². The van der Waals surface area contributed by atoms with Crippen molar-refractivity contribution in [1.29, 1.82) is 5.26 Å². The van der Waals surface area contributed by atoms with Crippen LogP contribution in [0.3, 0.4) is 0 Å². The van der Waals surface area contributed by atoms with Gasteiger partial charge in [0.2, 0.25) is 17.7 Å². The molecule has 10 nitrogen and oxygen atoms in total. The molecule has 0 spiro atoms. The SMILES string of the molecule is CC1(C)[C@@H]2[C@@H](C(=O)NC(C#N)C[C@@H]3CCNC3=O)N(C(=O)CNC(=O)Nc3ccccc3)C[C@@H]21. The number of para-hydroxylation sites is 1. The van der Waals surface area contributed by atoms with E-state index in [2.05, 4.69) is 41.2 Å². The maximum atomic E-state index is 13.2. The molecule has 1 unspecified atom stereocenters. The van der Waals surface area contributed by atoms with Crippen molar-refractivity contribution in [3.8, 4) is 6.07 Å². The van der Waals surface area contributed by atoms with Gasteiger partial charge in [0.25, 0.3) is 0 Å². The highest BCUT2D eigenvalue weighted by molar-refractivity contribution is 5.94. The van der Waals surface area contributed by atoms with E-state index in [1.807, 2.05) is 6.07 Å². The number of carbonyl (C=O) groups is 4. The van der Waals surface area contributed by atoms with Crippen LogP contribution in [0, 0.1) is 34.5 Å². The molecule has 3 fully saturated rings. The smallest absolute Gasteiger partial charge is 0.319 e. The van der Waals surface area contributed by atoms with Crippen LogP contribution in [0.5, 0.6) is 0 Å². The molecule has 2 aliphatic heterocycles. The van der Waals surface area contributed by atoms with E-state index >= 15 is 0 Å². The van der Waals surface area contributed by atoms with Gasteiger partial charge in [0, 0.05) is 24.7 Å². The number of benzene rings is 1. The second-order valence-electron chi connectivity index (χ2n) is 9.82. The van der Waals surface area contributed by atoms with Crippen LogP contribution >= 0.6 is 0 Å². The fourth-order valence-electron chi connectivity index (χ4n) is 5.35. The van der Waals surface area contributed by atoms with Crippen LogP contribution in [0.25, 0.3) is 0 Å². The lowest BCUT2D eigenvalue weighted by Gasteiger charge is -2.31. The lowest BCUT2D eigenvalue weighted by molar-refractivity contribution is -0.139. The van der Waals surface area contributed by atoms with Crippen LogP contribution in [0.1, 0.15) is 26.7 Å². The summed E-state index contributed by atoms with van der Waals surface area (Å²) in [5.41, 5.74) is 0.525. The Hall–Kier alpha value is -3.61. The molecule has 5 amide bonds. The summed E-state index contributed by atoms with van der Waals surface area (Å²) in [6.07, 6.45) is 0.878. The molecule has 1 aromatic rings. The largest absolute Gasteiger partial charge is 0.356 e. The molecule has 34 heavy (non-hydrogen) atoms. The minimum absolute atomic E-state index is 0.0104. The van der Waals surface area contributed by atoms with Gasteiger partial charge < -0.3 is 26.2 Å². The van der Waals surface area contributed by atoms with Gasteiger partial charge in [-0.05, 0) is 42.2 Å². The lowest BCUT2D eigenvalue weighted by Crippen LogP contribution is -2.54. The van der Waals surface area contributed by atoms with E-state index in [9.17, 15) is 24.4 Å². The summed E-state index contributed by atoms with van der Waals surface area (Å²) in [6, 6.07) is 8.93. The second-order valence-corrected chi connectivity index (χ2v) is 9.82. The zero-order chi connectivity index (χ0) is 24.5. The molecule has 1 aliphatic carbocycles. The Morgan fingerprint density at radius 1 is 1.26 bits per heavy atom. The molecule has 2 heterocycles. The quantitative estimate of drug-likeness (QED) is 0.471. The van der Waals surface area contributed by atoms with Crippen molar-refractivity contribution in [2.75, 3.05) is 25.0 Å². The number of piperidine rings is 1. The number of rotatable bonds is 7. The first-order valence-corrected chi connectivity index (χ1v) is 11.6. The summed E-state index contributed by atoms with van der Waals surface area (Å²) in [4.78, 5) is 51.7. The van der Waals surface area contributed by atoms with E-state index in [1.54, 1.807) is 24.3 Å². The van der Waals surface area contributed by atoms with Gasteiger partial charge in [0.15, 0.2) is 0 Å².